The van der Waals surface area contributed by atoms with Crippen molar-refractivity contribution in [3.8, 4) is 16.9 Å². The van der Waals surface area contributed by atoms with Gasteiger partial charge in [0.2, 0.25) is 5.91 Å². The molecule has 0 aliphatic carbocycles. The monoisotopic (exact) mass is 699 g/mol. The van der Waals surface area contributed by atoms with Gasteiger partial charge in [0.1, 0.15) is 5.75 Å². The van der Waals surface area contributed by atoms with Crippen molar-refractivity contribution >= 4 is 27.6 Å². The number of nitrogens with zero attached hydrogens (tertiary/aromatic N) is 5. The van der Waals surface area contributed by atoms with Crippen LogP contribution in [0.15, 0.2) is 73.1 Å². The van der Waals surface area contributed by atoms with Crippen LogP contribution in [0, 0.1) is 13.8 Å². The van der Waals surface area contributed by atoms with Gasteiger partial charge < -0.3 is 14.5 Å². The van der Waals surface area contributed by atoms with Crippen molar-refractivity contribution in [3.63, 3.8) is 0 Å². The molecule has 50 heavy (non-hydrogen) atoms. The number of carbonyl (C=O) groups excluding carboxylic acids is 2. The second-order valence-corrected chi connectivity index (χ2v) is 14.7. The minimum absolute atomic E-state index is 0.0636. The molecule has 4 aromatic rings. The summed E-state index contributed by atoms with van der Waals surface area (Å²) in [6, 6.07) is 19.7. The Bertz CT molecular complexity index is 1950. The predicted octanol–water partition coefficient (Wildman–Crippen LogP) is 5.00. The number of piperazine rings is 1. The van der Waals surface area contributed by atoms with Crippen LogP contribution >= 0.6 is 0 Å². The molecule has 0 unspecified atom stereocenters. The molecular weight excluding hydrogens is 655 g/mol. The van der Waals surface area contributed by atoms with Crippen molar-refractivity contribution in [2.45, 2.75) is 46.1 Å². The summed E-state index contributed by atoms with van der Waals surface area (Å²) in [7, 11) is -4.01. The number of aromatic nitrogens is 2. The zero-order valence-corrected chi connectivity index (χ0v) is 29.6. The molecule has 12 heteroatoms. The van der Waals surface area contributed by atoms with Crippen molar-refractivity contribution < 1.29 is 27.3 Å². The maximum absolute atomic E-state index is 13.4. The van der Waals surface area contributed by atoms with Gasteiger partial charge >= 0.3 is 0 Å². The molecule has 2 amide bonds. The van der Waals surface area contributed by atoms with E-state index in [-0.39, 0.29) is 24.1 Å². The molecule has 1 fully saturated rings. The van der Waals surface area contributed by atoms with Crippen LogP contribution in [-0.4, -0.2) is 96.0 Å². The van der Waals surface area contributed by atoms with E-state index in [1.54, 1.807) is 4.90 Å². The lowest BCUT2D eigenvalue weighted by molar-refractivity contribution is -0.118. The number of hydrogen-bond acceptors (Lipinski definition) is 7. The molecule has 0 bridgehead atoms. The average molecular weight is 700 g/mol. The molecule has 2 aliphatic rings. The number of hydrogen-bond donors (Lipinski definition) is 1. The molecule has 11 nitrogen and oxygen atoms in total. The molecule has 0 spiro atoms. The first-order valence-electron chi connectivity index (χ1n) is 17.3. The number of rotatable bonds is 12. The number of anilines is 1. The highest BCUT2D eigenvalue weighted by molar-refractivity contribution is 7.85. The number of amides is 2. The fourth-order valence-electron chi connectivity index (χ4n) is 6.76. The molecule has 2 aliphatic heterocycles. The van der Waals surface area contributed by atoms with Gasteiger partial charge in [0.05, 0.1) is 25.1 Å². The van der Waals surface area contributed by atoms with Gasteiger partial charge in [-0.1, -0.05) is 36.4 Å². The Hall–Kier alpha value is -4.52. The number of ether oxygens (including phenoxy) is 1. The molecular formula is C38H45N5O6S. The summed E-state index contributed by atoms with van der Waals surface area (Å²) >= 11 is 0. The molecule has 1 saturated heterocycles. The SMILES string of the molecule is Cc1cccc(OCCCC(=O)N2CCCc3c(-c4cnn(Cc5cccc(C(=O)N6CCN(CCS(=O)(=O)O)CC6)c5)c4)cccc32)c1C. The molecule has 1 aromatic heterocycles. The summed E-state index contributed by atoms with van der Waals surface area (Å²) in [6.45, 7) is 8.13. The van der Waals surface area contributed by atoms with Gasteiger partial charge in [0, 0.05) is 68.7 Å². The van der Waals surface area contributed by atoms with Crippen LogP contribution in [0.5, 0.6) is 5.75 Å². The van der Waals surface area contributed by atoms with Crippen molar-refractivity contribution in [1.82, 2.24) is 19.6 Å². The van der Waals surface area contributed by atoms with Gasteiger partial charge in [-0.2, -0.15) is 13.5 Å². The summed E-state index contributed by atoms with van der Waals surface area (Å²) in [6.07, 6.45) is 6.71. The van der Waals surface area contributed by atoms with Crippen LogP contribution < -0.4 is 9.64 Å². The number of carbonyl (C=O) groups is 2. The fourth-order valence-corrected chi connectivity index (χ4v) is 7.24. The Kier molecular flexibility index (Phi) is 11.0. The lowest BCUT2D eigenvalue weighted by Gasteiger charge is -2.34. The molecule has 0 atom stereocenters. The largest absolute Gasteiger partial charge is 0.493 e. The minimum atomic E-state index is -4.01. The second-order valence-electron chi connectivity index (χ2n) is 13.1. The number of fused-ring (bicyclic) bond motifs is 1. The lowest BCUT2D eigenvalue weighted by atomic mass is 9.93. The van der Waals surface area contributed by atoms with Gasteiger partial charge in [-0.15, -0.1) is 0 Å². The highest BCUT2D eigenvalue weighted by atomic mass is 32.2. The van der Waals surface area contributed by atoms with Gasteiger partial charge in [-0.3, -0.25) is 23.7 Å². The Morgan fingerprint density at radius 1 is 0.960 bits per heavy atom. The normalized spacial score (nSPS) is 15.2. The molecule has 0 saturated carbocycles. The number of aryl methyl sites for hydroxylation is 1. The summed E-state index contributed by atoms with van der Waals surface area (Å²) < 4.78 is 39.1. The van der Waals surface area contributed by atoms with Crippen LogP contribution in [-0.2, 0) is 27.9 Å². The van der Waals surface area contributed by atoms with Crippen molar-refractivity contribution in [2.24, 2.45) is 0 Å². The van der Waals surface area contributed by atoms with Crippen molar-refractivity contribution in [1.29, 1.82) is 0 Å². The zero-order valence-electron chi connectivity index (χ0n) is 28.8. The average Bonchev–Trinajstić information content (AvgIpc) is 3.58. The van der Waals surface area contributed by atoms with Crippen LogP contribution in [0.3, 0.4) is 0 Å². The number of benzene rings is 3. The Morgan fingerprint density at radius 3 is 2.54 bits per heavy atom. The Balaban J connectivity index is 1.06. The maximum Gasteiger partial charge on any atom is 0.266 e. The van der Waals surface area contributed by atoms with Crippen molar-refractivity contribution in [3.05, 3.63) is 101 Å². The first-order valence-corrected chi connectivity index (χ1v) is 18.9. The van der Waals surface area contributed by atoms with E-state index >= 15 is 0 Å². The van der Waals surface area contributed by atoms with Crippen LogP contribution in [0.1, 0.15) is 51.9 Å². The molecule has 0 radical (unpaired) electrons. The third-order valence-electron chi connectivity index (χ3n) is 9.69. The van der Waals surface area contributed by atoms with Crippen LogP contribution in [0.4, 0.5) is 5.69 Å². The van der Waals surface area contributed by atoms with E-state index in [4.69, 9.17) is 9.29 Å². The predicted molar refractivity (Wildman–Crippen MR) is 193 cm³/mol. The standard InChI is InChI=1S/C38H45N5O6S/c1-28-8-3-14-36(29(28)2)49-22-7-15-37(44)43-16-6-12-34-33(11-5-13-35(34)43)32-25-39-42(27-32)26-30-9-4-10-31(24-30)38(45)41-19-17-40(18-20-41)21-23-50(46,47)48/h3-5,8-11,13-14,24-25,27H,6-7,12,15-23,26H2,1-2H3,(H,46,47,48). The summed E-state index contributed by atoms with van der Waals surface area (Å²) in [5, 5.41) is 4.65. The third kappa shape index (κ3) is 8.61. The topological polar surface area (TPSA) is 125 Å². The van der Waals surface area contributed by atoms with E-state index in [0.29, 0.717) is 64.3 Å². The highest BCUT2D eigenvalue weighted by Crippen LogP contribution is 2.36. The second kappa shape index (κ2) is 15.6. The Morgan fingerprint density at radius 2 is 1.74 bits per heavy atom. The van der Waals surface area contributed by atoms with E-state index in [9.17, 15) is 18.0 Å². The minimum Gasteiger partial charge on any atom is -0.493 e. The van der Waals surface area contributed by atoms with E-state index < -0.39 is 10.1 Å². The van der Waals surface area contributed by atoms with E-state index in [0.717, 1.165) is 52.1 Å². The molecule has 3 heterocycles. The van der Waals surface area contributed by atoms with E-state index in [1.165, 1.54) is 5.56 Å². The quantitative estimate of drug-likeness (QED) is 0.162. The maximum atomic E-state index is 13.4. The highest BCUT2D eigenvalue weighted by Gasteiger charge is 2.26. The van der Waals surface area contributed by atoms with Crippen LogP contribution in [0.25, 0.3) is 11.1 Å². The Labute approximate surface area is 294 Å². The van der Waals surface area contributed by atoms with Crippen molar-refractivity contribution in [2.75, 3.05) is 56.5 Å². The third-order valence-corrected chi connectivity index (χ3v) is 10.4. The summed E-state index contributed by atoms with van der Waals surface area (Å²) in [5.74, 6) is 0.606. The molecule has 264 valence electrons. The van der Waals surface area contributed by atoms with E-state index in [1.807, 2.05) is 75.4 Å². The first kappa shape index (κ1) is 35.3. The van der Waals surface area contributed by atoms with Gasteiger partial charge in [-0.25, -0.2) is 0 Å². The molecule has 3 aromatic carbocycles. The summed E-state index contributed by atoms with van der Waals surface area (Å²) in [4.78, 5) is 32.3. The zero-order chi connectivity index (χ0) is 35.3. The fraction of sp³-hybridized carbons (Fsp3) is 0.395. The molecule has 1 N–H and O–H groups in total. The smallest absolute Gasteiger partial charge is 0.266 e. The summed E-state index contributed by atoms with van der Waals surface area (Å²) in [5.41, 5.74) is 8.04. The van der Waals surface area contributed by atoms with Gasteiger partial charge in [0.15, 0.2) is 0 Å². The molecule has 6 rings (SSSR count). The van der Waals surface area contributed by atoms with Gasteiger partial charge in [-0.05, 0) is 85.2 Å². The van der Waals surface area contributed by atoms with Crippen LogP contribution in [0.2, 0.25) is 0 Å². The lowest BCUT2D eigenvalue weighted by Crippen LogP contribution is -2.49. The first-order chi connectivity index (χ1) is 24.1. The van der Waals surface area contributed by atoms with Gasteiger partial charge in [0.25, 0.3) is 16.0 Å². The van der Waals surface area contributed by atoms with E-state index in [2.05, 4.69) is 31.1 Å².